The summed E-state index contributed by atoms with van der Waals surface area (Å²) < 4.78 is 0. The predicted octanol–water partition coefficient (Wildman–Crippen LogP) is -0.133. The number of primary amides is 2. The highest BCUT2D eigenvalue weighted by atomic mass is 16.1. The van der Waals surface area contributed by atoms with Gasteiger partial charge in [-0.25, -0.2) is 0 Å². The molecule has 1 unspecified atom stereocenters. The standard InChI is InChI=1S/C14H19N3O3/c15-8-9-3-4-12(14(17)20)11(6-9)7-10(13(16)19)2-1-5-18/h3-6,10H,1-2,7-8,15H2,(H2,16,19)(H2,17,20). The molecule has 1 aromatic rings. The molecule has 108 valence electrons. The zero-order valence-corrected chi connectivity index (χ0v) is 11.2. The van der Waals surface area contributed by atoms with E-state index < -0.39 is 17.7 Å². The maximum absolute atomic E-state index is 11.4. The van der Waals surface area contributed by atoms with Gasteiger partial charge >= 0.3 is 0 Å². The first-order valence-electron chi connectivity index (χ1n) is 6.34. The fraction of sp³-hybridized carbons (Fsp3) is 0.357. The zero-order valence-electron chi connectivity index (χ0n) is 11.2. The highest BCUT2D eigenvalue weighted by molar-refractivity contribution is 5.94. The molecular formula is C14H19N3O3. The number of hydrogen-bond acceptors (Lipinski definition) is 4. The molecule has 0 saturated carbocycles. The molecule has 0 saturated heterocycles. The molecule has 0 aliphatic rings. The second-order valence-corrected chi connectivity index (χ2v) is 4.61. The van der Waals surface area contributed by atoms with Crippen LogP contribution in [0.25, 0.3) is 0 Å². The summed E-state index contributed by atoms with van der Waals surface area (Å²) in [7, 11) is 0. The lowest BCUT2D eigenvalue weighted by atomic mass is 9.90. The Labute approximate surface area is 117 Å². The minimum Gasteiger partial charge on any atom is -0.369 e. The van der Waals surface area contributed by atoms with Gasteiger partial charge in [0, 0.05) is 24.4 Å². The second-order valence-electron chi connectivity index (χ2n) is 4.61. The van der Waals surface area contributed by atoms with Crippen LogP contribution in [0, 0.1) is 5.92 Å². The van der Waals surface area contributed by atoms with Crippen LogP contribution < -0.4 is 17.2 Å². The van der Waals surface area contributed by atoms with Crippen molar-refractivity contribution in [1.29, 1.82) is 0 Å². The van der Waals surface area contributed by atoms with Crippen molar-refractivity contribution in [3.8, 4) is 0 Å². The molecule has 1 aromatic carbocycles. The average molecular weight is 277 g/mol. The number of carbonyl (C=O) groups excluding carboxylic acids is 3. The minimum atomic E-state index is -0.567. The number of nitrogens with two attached hydrogens (primary N) is 3. The Bertz CT molecular complexity index is 514. The van der Waals surface area contributed by atoms with E-state index in [0.717, 1.165) is 11.8 Å². The number of benzene rings is 1. The molecule has 0 spiro atoms. The van der Waals surface area contributed by atoms with Crippen LogP contribution >= 0.6 is 0 Å². The van der Waals surface area contributed by atoms with Crippen molar-refractivity contribution in [2.24, 2.45) is 23.1 Å². The monoisotopic (exact) mass is 277 g/mol. The Morgan fingerprint density at radius 1 is 1.25 bits per heavy atom. The van der Waals surface area contributed by atoms with E-state index in [0.29, 0.717) is 24.1 Å². The molecule has 6 nitrogen and oxygen atoms in total. The van der Waals surface area contributed by atoms with Gasteiger partial charge in [-0.2, -0.15) is 0 Å². The molecule has 2 amide bonds. The Balaban J connectivity index is 3.05. The average Bonchev–Trinajstić information content (AvgIpc) is 2.42. The van der Waals surface area contributed by atoms with E-state index in [1.807, 2.05) is 0 Å². The van der Waals surface area contributed by atoms with E-state index in [1.165, 1.54) is 0 Å². The summed E-state index contributed by atoms with van der Waals surface area (Å²) in [4.78, 5) is 33.2. The molecule has 0 aliphatic heterocycles. The van der Waals surface area contributed by atoms with Crippen molar-refractivity contribution < 1.29 is 14.4 Å². The predicted molar refractivity (Wildman–Crippen MR) is 74.5 cm³/mol. The lowest BCUT2D eigenvalue weighted by Gasteiger charge is -2.15. The molecule has 0 bridgehead atoms. The highest BCUT2D eigenvalue weighted by Gasteiger charge is 2.19. The summed E-state index contributed by atoms with van der Waals surface area (Å²) in [5, 5.41) is 0. The largest absolute Gasteiger partial charge is 0.369 e. The van der Waals surface area contributed by atoms with E-state index in [4.69, 9.17) is 17.2 Å². The third-order valence-corrected chi connectivity index (χ3v) is 3.17. The molecule has 1 rings (SSSR count). The quantitative estimate of drug-likeness (QED) is 0.571. The van der Waals surface area contributed by atoms with Crippen molar-refractivity contribution >= 4 is 18.1 Å². The van der Waals surface area contributed by atoms with Crippen molar-refractivity contribution in [2.45, 2.75) is 25.8 Å². The van der Waals surface area contributed by atoms with E-state index in [-0.39, 0.29) is 12.8 Å². The van der Waals surface area contributed by atoms with Crippen LogP contribution in [0.4, 0.5) is 0 Å². The first-order valence-corrected chi connectivity index (χ1v) is 6.34. The molecular weight excluding hydrogens is 258 g/mol. The lowest BCUT2D eigenvalue weighted by molar-refractivity contribution is -0.122. The van der Waals surface area contributed by atoms with E-state index >= 15 is 0 Å². The van der Waals surface area contributed by atoms with E-state index in [1.54, 1.807) is 18.2 Å². The molecule has 6 heteroatoms. The third-order valence-electron chi connectivity index (χ3n) is 3.17. The maximum Gasteiger partial charge on any atom is 0.248 e. The summed E-state index contributed by atoms with van der Waals surface area (Å²) in [6, 6.07) is 5.06. The fourth-order valence-electron chi connectivity index (χ4n) is 2.06. The molecule has 1 atom stereocenters. The van der Waals surface area contributed by atoms with Crippen LogP contribution in [0.2, 0.25) is 0 Å². The number of amides is 2. The van der Waals surface area contributed by atoms with Gasteiger partial charge in [0.1, 0.15) is 6.29 Å². The SMILES string of the molecule is NCc1ccc(C(N)=O)c(CC(CCC=O)C(N)=O)c1. The van der Waals surface area contributed by atoms with Gasteiger partial charge in [0.25, 0.3) is 0 Å². The Morgan fingerprint density at radius 2 is 1.95 bits per heavy atom. The van der Waals surface area contributed by atoms with Crippen LogP contribution in [0.1, 0.15) is 34.3 Å². The van der Waals surface area contributed by atoms with Gasteiger partial charge in [0.15, 0.2) is 0 Å². The number of hydrogen-bond donors (Lipinski definition) is 3. The summed E-state index contributed by atoms with van der Waals surface area (Å²) in [6.45, 7) is 0.321. The summed E-state index contributed by atoms with van der Waals surface area (Å²) in [5.74, 6) is -1.58. The Morgan fingerprint density at radius 3 is 2.45 bits per heavy atom. The molecule has 0 fully saturated rings. The first kappa shape index (κ1) is 15.8. The summed E-state index contributed by atoms with van der Waals surface area (Å²) in [5.41, 5.74) is 18.0. The van der Waals surface area contributed by atoms with Crippen LogP contribution in [-0.2, 0) is 22.6 Å². The topological polar surface area (TPSA) is 129 Å². The van der Waals surface area contributed by atoms with E-state index in [2.05, 4.69) is 0 Å². The zero-order chi connectivity index (χ0) is 15.1. The van der Waals surface area contributed by atoms with Crippen molar-refractivity contribution in [3.05, 3.63) is 34.9 Å². The third kappa shape index (κ3) is 4.17. The lowest BCUT2D eigenvalue weighted by Crippen LogP contribution is -2.26. The van der Waals surface area contributed by atoms with Crippen LogP contribution in [0.3, 0.4) is 0 Å². The molecule has 0 aromatic heterocycles. The van der Waals surface area contributed by atoms with Crippen LogP contribution in [-0.4, -0.2) is 18.1 Å². The molecule has 0 aliphatic carbocycles. The van der Waals surface area contributed by atoms with Gasteiger partial charge in [-0.1, -0.05) is 12.1 Å². The molecule has 0 radical (unpaired) electrons. The smallest absolute Gasteiger partial charge is 0.248 e. The van der Waals surface area contributed by atoms with E-state index in [9.17, 15) is 14.4 Å². The van der Waals surface area contributed by atoms with Gasteiger partial charge in [0.05, 0.1) is 0 Å². The van der Waals surface area contributed by atoms with Crippen LogP contribution in [0.5, 0.6) is 0 Å². The van der Waals surface area contributed by atoms with Gasteiger partial charge in [-0.3, -0.25) is 9.59 Å². The number of carbonyl (C=O) groups is 3. The van der Waals surface area contributed by atoms with Crippen molar-refractivity contribution in [1.82, 2.24) is 0 Å². The van der Waals surface area contributed by atoms with Gasteiger partial charge in [-0.15, -0.1) is 0 Å². The summed E-state index contributed by atoms with van der Waals surface area (Å²) in [6.07, 6.45) is 1.61. The molecule has 6 N–H and O–H groups in total. The normalized spacial score (nSPS) is 11.8. The Kier molecular flexibility index (Phi) is 5.86. The van der Waals surface area contributed by atoms with Gasteiger partial charge < -0.3 is 22.0 Å². The minimum absolute atomic E-state index is 0.246. The van der Waals surface area contributed by atoms with Crippen molar-refractivity contribution in [3.63, 3.8) is 0 Å². The van der Waals surface area contributed by atoms with Crippen LogP contribution in [0.15, 0.2) is 18.2 Å². The van der Waals surface area contributed by atoms with Gasteiger partial charge in [0.2, 0.25) is 11.8 Å². The Hall–Kier alpha value is -2.21. The van der Waals surface area contributed by atoms with Crippen molar-refractivity contribution in [2.75, 3.05) is 0 Å². The summed E-state index contributed by atoms with van der Waals surface area (Å²) >= 11 is 0. The first-order chi connectivity index (χ1) is 9.49. The number of aldehydes is 1. The number of rotatable bonds is 8. The highest BCUT2D eigenvalue weighted by Crippen LogP contribution is 2.19. The fourth-order valence-corrected chi connectivity index (χ4v) is 2.06. The molecule has 20 heavy (non-hydrogen) atoms. The molecule has 0 heterocycles. The maximum atomic E-state index is 11.4. The van der Waals surface area contributed by atoms with Gasteiger partial charge in [-0.05, 0) is 30.0 Å². The second kappa shape index (κ2) is 7.40.